The molecular weight excluding hydrogens is 716 g/mol. The largest absolute Gasteiger partial charge is 0.508 e. The van der Waals surface area contributed by atoms with Gasteiger partial charge in [0.2, 0.25) is 41.4 Å². The number of nitrogens with two attached hydrogens (primary N) is 6. The van der Waals surface area contributed by atoms with Gasteiger partial charge in [0, 0.05) is 19.5 Å². The first-order valence-corrected chi connectivity index (χ1v) is 17.5. The molecule has 20 nitrogen and oxygen atoms in total. The number of aromatic hydroxyl groups is 1. The zero-order valence-electron chi connectivity index (χ0n) is 30.4. The molecule has 300 valence electrons. The standard InChI is InChI=1S/C35H52N12O8/c36-23(8-4-15-43-35(40)41)31(52)47-27(18-28(38)49)34(55)42-14-5-9-25(46-32(53)24(37)16-21-10-12-22(48)13-11-21)33(54)44-19-29(50)45-26(30(39)51)17-20-6-2-1-3-7-20/h1-3,6-7,10-13,23-27,48H,4-5,8-9,14-19,36-37H2,(H2,38,49)(H2,39,51)(H,42,55)(H,44,54)(H,45,50)(H,46,53)(H,47,52)(H4,40,41,43)/t23-,24-,25+,26-,27-/m0/s1. The van der Waals surface area contributed by atoms with Gasteiger partial charge in [-0.05, 0) is 55.4 Å². The second-order valence-electron chi connectivity index (χ2n) is 12.7. The lowest BCUT2D eigenvalue weighted by Crippen LogP contribution is -2.54. The van der Waals surface area contributed by atoms with Crippen LogP contribution < -0.4 is 61.0 Å². The highest BCUT2D eigenvalue weighted by molar-refractivity contribution is 5.94. The summed E-state index contributed by atoms with van der Waals surface area (Å²) >= 11 is 0. The first-order chi connectivity index (χ1) is 26.0. The number of amides is 7. The van der Waals surface area contributed by atoms with E-state index in [4.69, 9.17) is 34.4 Å². The van der Waals surface area contributed by atoms with Crippen molar-refractivity contribution in [3.05, 3.63) is 65.7 Å². The third kappa shape index (κ3) is 17.9. The van der Waals surface area contributed by atoms with Crippen LogP contribution in [0.25, 0.3) is 0 Å². The van der Waals surface area contributed by atoms with Crippen molar-refractivity contribution in [3.8, 4) is 5.75 Å². The number of primary amides is 2. The number of nitrogens with zero attached hydrogens (tertiary/aromatic N) is 1. The Morgan fingerprint density at radius 1 is 0.636 bits per heavy atom. The molecule has 0 aliphatic heterocycles. The molecule has 2 aromatic rings. The van der Waals surface area contributed by atoms with Gasteiger partial charge in [-0.15, -0.1) is 0 Å². The van der Waals surface area contributed by atoms with E-state index in [1.54, 1.807) is 42.5 Å². The van der Waals surface area contributed by atoms with Gasteiger partial charge in [-0.2, -0.15) is 0 Å². The maximum atomic E-state index is 13.3. The second kappa shape index (κ2) is 23.4. The Kier molecular flexibility index (Phi) is 19.1. The van der Waals surface area contributed by atoms with Gasteiger partial charge in [0.05, 0.1) is 25.0 Å². The number of benzene rings is 2. The summed E-state index contributed by atoms with van der Waals surface area (Å²) < 4.78 is 0. The van der Waals surface area contributed by atoms with Crippen molar-refractivity contribution in [2.24, 2.45) is 39.4 Å². The smallest absolute Gasteiger partial charge is 0.243 e. The number of phenolic OH excluding ortho intramolecular Hbond substituents is 1. The molecular formula is C35H52N12O8. The fourth-order valence-corrected chi connectivity index (χ4v) is 5.12. The number of carbonyl (C=O) groups excluding carboxylic acids is 7. The molecule has 0 unspecified atom stereocenters. The van der Waals surface area contributed by atoms with Gasteiger partial charge < -0.3 is 66.1 Å². The molecule has 0 saturated carbocycles. The van der Waals surface area contributed by atoms with E-state index in [0.717, 1.165) is 5.56 Å². The molecule has 2 rings (SSSR count). The van der Waals surface area contributed by atoms with Gasteiger partial charge in [-0.1, -0.05) is 42.5 Å². The van der Waals surface area contributed by atoms with E-state index in [9.17, 15) is 38.7 Å². The molecule has 18 N–H and O–H groups in total. The van der Waals surface area contributed by atoms with Crippen molar-refractivity contribution in [2.45, 2.75) is 75.2 Å². The molecule has 0 spiro atoms. The molecule has 0 aliphatic rings. The average molecular weight is 769 g/mol. The van der Waals surface area contributed by atoms with E-state index < -0.39 is 84.5 Å². The van der Waals surface area contributed by atoms with Crippen LogP contribution in [-0.2, 0) is 46.4 Å². The van der Waals surface area contributed by atoms with E-state index >= 15 is 0 Å². The molecule has 0 saturated heterocycles. The molecule has 20 heteroatoms. The van der Waals surface area contributed by atoms with E-state index in [1.165, 1.54) is 12.1 Å². The first kappa shape index (κ1) is 44.9. The monoisotopic (exact) mass is 768 g/mol. The van der Waals surface area contributed by atoms with Crippen molar-refractivity contribution in [1.82, 2.24) is 26.6 Å². The predicted octanol–water partition coefficient (Wildman–Crippen LogP) is -4.29. The first-order valence-electron chi connectivity index (χ1n) is 17.5. The Morgan fingerprint density at radius 3 is 1.85 bits per heavy atom. The van der Waals surface area contributed by atoms with Gasteiger partial charge in [0.1, 0.15) is 23.9 Å². The number of guanidine groups is 1. The summed E-state index contributed by atoms with van der Waals surface area (Å²) in [6.07, 6.45) is 0.255. The van der Waals surface area contributed by atoms with Crippen LogP contribution in [0.4, 0.5) is 0 Å². The molecule has 0 aliphatic carbocycles. The molecule has 0 aromatic heterocycles. The Hall–Kier alpha value is -6.28. The lowest BCUT2D eigenvalue weighted by Gasteiger charge is -2.22. The summed E-state index contributed by atoms with van der Waals surface area (Å²) in [6.45, 7) is -0.408. The minimum atomic E-state index is -1.35. The van der Waals surface area contributed by atoms with E-state index in [1.807, 2.05) is 0 Å². The van der Waals surface area contributed by atoms with E-state index in [2.05, 4.69) is 31.6 Å². The Labute approximate surface area is 317 Å². The normalized spacial score (nSPS) is 13.4. The number of carbonyl (C=O) groups is 7. The number of phenols is 1. The molecule has 0 fully saturated rings. The fraction of sp³-hybridized carbons (Fsp3) is 0.429. The highest BCUT2D eigenvalue weighted by Gasteiger charge is 2.27. The quantitative estimate of drug-likeness (QED) is 0.0274. The maximum absolute atomic E-state index is 13.3. The highest BCUT2D eigenvalue weighted by Crippen LogP contribution is 2.11. The maximum Gasteiger partial charge on any atom is 0.243 e. The van der Waals surface area contributed by atoms with Gasteiger partial charge in [0.15, 0.2) is 5.96 Å². The molecule has 0 radical (unpaired) electrons. The lowest BCUT2D eigenvalue weighted by molar-refractivity contribution is -0.132. The Morgan fingerprint density at radius 2 is 1.24 bits per heavy atom. The van der Waals surface area contributed by atoms with Crippen LogP contribution in [0.5, 0.6) is 5.75 Å². The van der Waals surface area contributed by atoms with Crippen molar-refractivity contribution in [1.29, 1.82) is 0 Å². The van der Waals surface area contributed by atoms with Crippen LogP contribution >= 0.6 is 0 Å². The number of hydrogen-bond donors (Lipinski definition) is 12. The average Bonchev–Trinajstić information content (AvgIpc) is 3.13. The Balaban J connectivity index is 2.04. The topological polar surface area (TPSA) is 368 Å². The SMILES string of the molecule is NC(=O)C[C@H](NC(=O)[C@@H](N)CCCN=C(N)N)C(=O)NCCC[C@@H](NC(=O)[C@@H](N)Cc1ccc(O)cc1)C(=O)NCC(=O)N[C@@H](Cc1ccccc1)C(N)=O. The van der Waals surface area contributed by atoms with Gasteiger partial charge in [0.25, 0.3) is 0 Å². The van der Waals surface area contributed by atoms with Crippen LogP contribution in [0.1, 0.15) is 43.2 Å². The lowest BCUT2D eigenvalue weighted by atomic mass is 10.0. The third-order valence-corrected chi connectivity index (χ3v) is 8.06. The zero-order chi connectivity index (χ0) is 40.9. The molecule has 0 heterocycles. The number of rotatable bonds is 24. The second-order valence-corrected chi connectivity index (χ2v) is 12.7. The summed E-state index contributed by atoms with van der Waals surface area (Å²) in [5, 5.41) is 22.0. The summed E-state index contributed by atoms with van der Waals surface area (Å²) in [5.74, 6) is -5.37. The molecule has 7 amide bonds. The van der Waals surface area contributed by atoms with Crippen LogP contribution in [0.2, 0.25) is 0 Å². The summed E-state index contributed by atoms with van der Waals surface area (Å²) in [7, 11) is 0. The molecule has 0 bridgehead atoms. The van der Waals surface area contributed by atoms with Crippen LogP contribution in [-0.4, -0.2) is 102 Å². The number of hydrogen-bond acceptors (Lipinski definition) is 11. The van der Waals surface area contributed by atoms with Crippen molar-refractivity contribution in [2.75, 3.05) is 19.6 Å². The third-order valence-electron chi connectivity index (χ3n) is 8.06. The predicted molar refractivity (Wildman–Crippen MR) is 202 cm³/mol. The molecule has 5 atom stereocenters. The van der Waals surface area contributed by atoms with Crippen molar-refractivity contribution in [3.63, 3.8) is 0 Å². The molecule has 2 aromatic carbocycles. The Bertz CT molecular complexity index is 1640. The summed E-state index contributed by atoms with van der Waals surface area (Å²) in [4.78, 5) is 92.2. The van der Waals surface area contributed by atoms with Crippen molar-refractivity contribution < 1.29 is 38.7 Å². The summed E-state index contributed by atoms with van der Waals surface area (Å²) in [5.41, 5.74) is 34.7. The fourth-order valence-electron chi connectivity index (χ4n) is 5.12. The minimum Gasteiger partial charge on any atom is -0.508 e. The van der Waals surface area contributed by atoms with Crippen LogP contribution in [0.3, 0.4) is 0 Å². The summed E-state index contributed by atoms with van der Waals surface area (Å²) in [6, 6.07) is 9.10. The highest BCUT2D eigenvalue weighted by atomic mass is 16.3. The minimum absolute atomic E-state index is 0.0275. The van der Waals surface area contributed by atoms with Crippen molar-refractivity contribution >= 4 is 47.3 Å². The van der Waals surface area contributed by atoms with Gasteiger partial charge in [-0.3, -0.25) is 38.6 Å². The zero-order valence-corrected chi connectivity index (χ0v) is 30.4. The molecule has 55 heavy (non-hydrogen) atoms. The van der Waals surface area contributed by atoms with Gasteiger partial charge in [-0.25, -0.2) is 0 Å². The van der Waals surface area contributed by atoms with Crippen LogP contribution in [0, 0.1) is 0 Å². The number of nitrogens with one attached hydrogen (secondary N) is 5. The van der Waals surface area contributed by atoms with Crippen LogP contribution in [0.15, 0.2) is 59.6 Å². The van der Waals surface area contributed by atoms with E-state index in [-0.39, 0.29) is 56.9 Å². The van der Waals surface area contributed by atoms with E-state index in [0.29, 0.717) is 12.0 Å². The van der Waals surface area contributed by atoms with Gasteiger partial charge >= 0.3 is 0 Å². The number of aliphatic imine (C=N–C) groups is 1.